The Bertz CT molecular complexity index is 941. The van der Waals surface area contributed by atoms with Crippen molar-refractivity contribution < 1.29 is 9.72 Å². The lowest BCUT2D eigenvalue weighted by atomic mass is 9.94. The second-order valence-corrected chi connectivity index (χ2v) is 7.49. The van der Waals surface area contributed by atoms with Gasteiger partial charge < -0.3 is 5.32 Å². The summed E-state index contributed by atoms with van der Waals surface area (Å²) in [4.78, 5) is 23.2. The Morgan fingerprint density at radius 2 is 1.96 bits per heavy atom. The maximum absolute atomic E-state index is 12.7. The molecule has 1 N–H and O–H groups in total. The molecule has 0 saturated heterocycles. The number of urea groups is 1. The topological polar surface area (TPSA) is 87.8 Å². The normalized spacial score (nSPS) is 16.2. The molecule has 28 heavy (non-hydrogen) atoms. The molecule has 7 nitrogen and oxygen atoms in total. The Balaban J connectivity index is 2.13. The number of non-ortho nitro benzene ring substituents is 1. The van der Waals surface area contributed by atoms with Crippen LogP contribution in [-0.2, 0) is 6.42 Å². The van der Waals surface area contributed by atoms with Gasteiger partial charge in [-0.1, -0.05) is 17.7 Å². The Labute approximate surface area is 168 Å². The number of nitrogens with zero attached hydrogens (tertiary/aromatic N) is 3. The number of fused-ring (bicyclic) bond motifs is 1. The van der Waals surface area contributed by atoms with Gasteiger partial charge in [0.15, 0.2) is 0 Å². The SMILES string of the molecule is CC(C)NC(=O)N1N=C(c2ccc([N+](=O)[O-])cc2)c2cc(Cl)ccc2CC1C. The van der Waals surface area contributed by atoms with E-state index in [2.05, 4.69) is 10.4 Å². The van der Waals surface area contributed by atoms with Crippen LogP contribution in [0.5, 0.6) is 0 Å². The molecule has 1 unspecified atom stereocenters. The molecule has 0 radical (unpaired) electrons. The molecule has 1 atom stereocenters. The molecule has 0 aromatic heterocycles. The van der Waals surface area contributed by atoms with Crippen LogP contribution in [0.1, 0.15) is 37.5 Å². The molecule has 3 rings (SSSR count). The Kier molecular flexibility index (Phi) is 5.65. The van der Waals surface area contributed by atoms with Gasteiger partial charge in [-0.05, 0) is 57.0 Å². The number of halogens is 1. The molecule has 0 aliphatic carbocycles. The molecule has 0 fully saturated rings. The number of amides is 2. The van der Waals surface area contributed by atoms with Crippen molar-refractivity contribution >= 4 is 29.0 Å². The minimum atomic E-state index is -0.450. The van der Waals surface area contributed by atoms with Crippen LogP contribution in [-0.4, -0.2) is 33.8 Å². The molecule has 0 bridgehead atoms. The van der Waals surface area contributed by atoms with Crippen molar-refractivity contribution in [2.75, 3.05) is 0 Å². The number of nitro groups is 1. The molecule has 0 saturated carbocycles. The van der Waals surface area contributed by atoms with Crippen LogP contribution >= 0.6 is 11.6 Å². The first-order valence-electron chi connectivity index (χ1n) is 8.98. The number of benzene rings is 2. The summed E-state index contributed by atoms with van der Waals surface area (Å²) in [5.41, 5.74) is 3.04. The number of hydrogen-bond donors (Lipinski definition) is 1. The average Bonchev–Trinajstić information content (AvgIpc) is 2.77. The zero-order valence-electron chi connectivity index (χ0n) is 15.8. The first-order chi connectivity index (χ1) is 13.3. The van der Waals surface area contributed by atoms with Gasteiger partial charge in [0.25, 0.3) is 5.69 Å². The lowest BCUT2D eigenvalue weighted by Crippen LogP contribution is -2.44. The Morgan fingerprint density at radius 1 is 1.29 bits per heavy atom. The van der Waals surface area contributed by atoms with Gasteiger partial charge in [-0.15, -0.1) is 0 Å². The van der Waals surface area contributed by atoms with Crippen molar-refractivity contribution in [2.24, 2.45) is 5.10 Å². The molecule has 1 aliphatic heterocycles. The Hall–Kier alpha value is -2.93. The summed E-state index contributed by atoms with van der Waals surface area (Å²) in [6.07, 6.45) is 0.609. The molecular formula is C20H21ClN4O3. The second-order valence-electron chi connectivity index (χ2n) is 7.06. The summed E-state index contributed by atoms with van der Waals surface area (Å²) in [6, 6.07) is 11.2. The summed E-state index contributed by atoms with van der Waals surface area (Å²) in [5.74, 6) is 0. The maximum atomic E-state index is 12.7. The number of carbonyl (C=O) groups excluding carboxylic acids is 1. The van der Waals surface area contributed by atoms with E-state index in [-0.39, 0.29) is 23.8 Å². The highest BCUT2D eigenvalue weighted by Gasteiger charge is 2.28. The van der Waals surface area contributed by atoms with Gasteiger partial charge in [0.05, 0.1) is 16.7 Å². The van der Waals surface area contributed by atoms with Gasteiger partial charge in [-0.3, -0.25) is 10.1 Å². The van der Waals surface area contributed by atoms with Gasteiger partial charge in [-0.2, -0.15) is 5.10 Å². The largest absolute Gasteiger partial charge is 0.338 e. The van der Waals surface area contributed by atoms with E-state index in [4.69, 9.17) is 11.6 Å². The number of nitro benzene ring substituents is 1. The molecule has 2 aromatic rings. The minimum absolute atomic E-state index is 0.00735. The predicted octanol–water partition coefficient (Wildman–Crippen LogP) is 4.37. The maximum Gasteiger partial charge on any atom is 0.338 e. The van der Waals surface area contributed by atoms with E-state index in [9.17, 15) is 14.9 Å². The molecule has 8 heteroatoms. The summed E-state index contributed by atoms with van der Waals surface area (Å²) in [6.45, 7) is 5.70. The van der Waals surface area contributed by atoms with E-state index >= 15 is 0 Å². The third kappa shape index (κ3) is 4.14. The van der Waals surface area contributed by atoms with Gasteiger partial charge in [0.1, 0.15) is 0 Å². The van der Waals surface area contributed by atoms with E-state index in [0.29, 0.717) is 22.7 Å². The molecule has 0 spiro atoms. The quantitative estimate of drug-likeness (QED) is 0.613. The van der Waals surface area contributed by atoms with Crippen LogP contribution in [0.15, 0.2) is 47.6 Å². The van der Waals surface area contributed by atoms with E-state index in [1.165, 1.54) is 17.1 Å². The molecule has 146 valence electrons. The fraction of sp³-hybridized carbons (Fsp3) is 0.300. The predicted molar refractivity (Wildman–Crippen MR) is 109 cm³/mol. The smallest absolute Gasteiger partial charge is 0.334 e. The first-order valence-corrected chi connectivity index (χ1v) is 9.36. The highest BCUT2D eigenvalue weighted by molar-refractivity contribution is 6.31. The summed E-state index contributed by atoms with van der Waals surface area (Å²) >= 11 is 6.22. The van der Waals surface area contributed by atoms with Gasteiger partial charge >= 0.3 is 6.03 Å². The third-order valence-corrected chi connectivity index (χ3v) is 4.67. The van der Waals surface area contributed by atoms with Gasteiger partial charge in [-0.25, -0.2) is 9.80 Å². The lowest BCUT2D eigenvalue weighted by Gasteiger charge is -2.24. The zero-order chi connectivity index (χ0) is 20.4. The molecule has 1 aliphatic rings. The molecule has 2 amide bonds. The van der Waals surface area contributed by atoms with E-state index < -0.39 is 4.92 Å². The number of rotatable bonds is 3. The summed E-state index contributed by atoms with van der Waals surface area (Å²) < 4.78 is 0. The van der Waals surface area contributed by atoms with Crippen LogP contribution < -0.4 is 5.32 Å². The van der Waals surface area contributed by atoms with Crippen molar-refractivity contribution in [2.45, 2.75) is 39.3 Å². The average molecular weight is 401 g/mol. The van der Waals surface area contributed by atoms with Crippen LogP contribution in [0.3, 0.4) is 0 Å². The highest BCUT2D eigenvalue weighted by Crippen LogP contribution is 2.27. The second kappa shape index (κ2) is 7.98. The van der Waals surface area contributed by atoms with Crippen molar-refractivity contribution in [3.8, 4) is 0 Å². The molecule has 1 heterocycles. The molecular weight excluding hydrogens is 380 g/mol. The first kappa shape index (κ1) is 19.8. The Morgan fingerprint density at radius 3 is 2.57 bits per heavy atom. The number of nitrogens with one attached hydrogen (secondary N) is 1. The highest BCUT2D eigenvalue weighted by atomic mass is 35.5. The van der Waals surface area contributed by atoms with Crippen molar-refractivity contribution in [1.82, 2.24) is 10.3 Å². The van der Waals surface area contributed by atoms with Gasteiger partial charge in [0.2, 0.25) is 0 Å². The van der Waals surface area contributed by atoms with E-state index in [1.54, 1.807) is 12.1 Å². The van der Waals surface area contributed by atoms with Gasteiger partial charge in [0, 0.05) is 34.3 Å². The van der Waals surface area contributed by atoms with Crippen molar-refractivity contribution in [1.29, 1.82) is 0 Å². The minimum Gasteiger partial charge on any atom is -0.334 e. The fourth-order valence-electron chi connectivity index (χ4n) is 3.12. The van der Waals surface area contributed by atoms with Crippen molar-refractivity contribution in [3.63, 3.8) is 0 Å². The third-order valence-electron chi connectivity index (χ3n) is 4.44. The summed E-state index contributed by atoms with van der Waals surface area (Å²) in [5, 5.41) is 20.5. The zero-order valence-corrected chi connectivity index (χ0v) is 16.6. The van der Waals surface area contributed by atoms with Crippen LogP contribution in [0.2, 0.25) is 5.02 Å². The van der Waals surface area contributed by atoms with Crippen LogP contribution in [0.25, 0.3) is 0 Å². The summed E-state index contributed by atoms with van der Waals surface area (Å²) in [7, 11) is 0. The fourth-order valence-corrected chi connectivity index (χ4v) is 3.30. The molecule has 2 aromatic carbocycles. The standard InChI is InChI=1S/C20H21ClN4O3/c1-12(2)22-20(26)24-13(3)10-15-4-7-16(21)11-18(15)19(23-24)14-5-8-17(9-6-14)25(27)28/h4-9,11-13H,10H2,1-3H3,(H,22,26). The number of hydrazone groups is 1. The van der Waals surface area contributed by atoms with E-state index in [0.717, 1.165) is 11.1 Å². The van der Waals surface area contributed by atoms with Crippen LogP contribution in [0.4, 0.5) is 10.5 Å². The van der Waals surface area contributed by atoms with Crippen molar-refractivity contribution in [3.05, 3.63) is 74.3 Å². The van der Waals surface area contributed by atoms with E-state index in [1.807, 2.05) is 39.0 Å². The lowest BCUT2D eigenvalue weighted by molar-refractivity contribution is -0.384. The monoisotopic (exact) mass is 400 g/mol. The number of carbonyl (C=O) groups is 1. The van der Waals surface area contributed by atoms with Crippen LogP contribution in [0, 0.1) is 10.1 Å². The number of hydrogen-bond acceptors (Lipinski definition) is 4.